The van der Waals surface area contributed by atoms with Crippen molar-refractivity contribution in [2.75, 3.05) is 12.3 Å². The molecule has 3 nitrogen and oxygen atoms in total. The molecule has 1 amide bonds. The number of amides is 1. The van der Waals surface area contributed by atoms with Gasteiger partial charge in [-0.05, 0) is 47.7 Å². The van der Waals surface area contributed by atoms with Crippen LogP contribution in [0.15, 0.2) is 48.5 Å². The molecule has 0 aliphatic carbocycles. The van der Waals surface area contributed by atoms with Crippen LogP contribution in [0.5, 0.6) is 0 Å². The van der Waals surface area contributed by atoms with E-state index in [-0.39, 0.29) is 17.8 Å². The summed E-state index contributed by atoms with van der Waals surface area (Å²) in [5.41, 5.74) is 8.19. The predicted octanol–water partition coefficient (Wildman–Crippen LogP) is 3.56. The van der Waals surface area contributed by atoms with Gasteiger partial charge in [-0.25, -0.2) is 4.39 Å². The number of anilines is 1. The molecule has 120 valence electrons. The number of carbonyl (C=O) groups is 1. The van der Waals surface area contributed by atoms with Crippen LogP contribution in [-0.2, 0) is 11.2 Å². The summed E-state index contributed by atoms with van der Waals surface area (Å²) in [5.74, 6) is 0.236. The lowest BCUT2D eigenvalue weighted by atomic mass is 10.0. The summed E-state index contributed by atoms with van der Waals surface area (Å²) in [6, 6.07) is 13.9. The number of benzene rings is 2. The standard InChI is InChI=1S/C19H21FN2O/c1-13-9-18(15-3-2-4-16(20)11-15)22(12-13)19(23)10-14-5-7-17(21)8-6-14/h2-8,11,13,18H,9-10,12,21H2,1H3/t13-,18-/m0/s1. The Balaban J connectivity index is 1.78. The highest BCUT2D eigenvalue weighted by atomic mass is 19.1. The second-order valence-corrected chi connectivity index (χ2v) is 6.38. The number of hydrogen-bond acceptors (Lipinski definition) is 2. The lowest BCUT2D eigenvalue weighted by Gasteiger charge is -2.25. The number of halogens is 1. The Morgan fingerprint density at radius 2 is 2.00 bits per heavy atom. The Kier molecular flexibility index (Phi) is 4.33. The molecule has 0 bridgehead atoms. The van der Waals surface area contributed by atoms with Crippen molar-refractivity contribution in [2.24, 2.45) is 5.92 Å². The van der Waals surface area contributed by atoms with Crippen molar-refractivity contribution in [2.45, 2.75) is 25.8 Å². The summed E-state index contributed by atoms with van der Waals surface area (Å²) in [7, 11) is 0. The van der Waals surface area contributed by atoms with Gasteiger partial charge in [-0.2, -0.15) is 0 Å². The summed E-state index contributed by atoms with van der Waals surface area (Å²) >= 11 is 0. The van der Waals surface area contributed by atoms with Gasteiger partial charge in [0.2, 0.25) is 5.91 Å². The average Bonchev–Trinajstić information content (AvgIpc) is 2.92. The second-order valence-electron chi connectivity index (χ2n) is 6.38. The van der Waals surface area contributed by atoms with Crippen molar-refractivity contribution in [3.05, 3.63) is 65.5 Å². The molecule has 2 atom stereocenters. The molecule has 1 aliphatic rings. The number of hydrogen-bond donors (Lipinski definition) is 1. The Labute approximate surface area is 135 Å². The van der Waals surface area contributed by atoms with Gasteiger partial charge in [-0.3, -0.25) is 4.79 Å². The van der Waals surface area contributed by atoms with Crippen LogP contribution in [0, 0.1) is 11.7 Å². The highest BCUT2D eigenvalue weighted by molar-refractivity contribution is 5.79. The SMILES string of the molecule is C[C@H]1C[C@@H](c2cccc(F)c2)N(C(=O)Cc2ccc(N)cc2)C1. The smallest absolute Gasteiger partial charge is 0.227 e. The number of nitrogens with two attached hydrogens (primary N) is 1. The third-order valence-corrected chi connectivity index (χ3v) is 4.40. The van der Waals surface area contributed by atoms with Gasteiger partial charge in [0.25, 0.3) is 0 Å². The molecule has 2 N–H and O–H groups in total. The molecule has 0 unspecified atom stereocenters. The van der Waals surface area contributed by atoms with Crippen LogP contribution in [0.4, 0.5) is 10.1 Å². The van der Waals surface area contributed by atoms with Crippen LogP contribution >= 0.6 is 0 Å². The van der Waals surface area contributed by atoms with Crippen LogP contribution in [0.25, 0.3) is 0 Å². The Morgan fingerprint density at radius 3 is 2.70 bits per heavy atom. The van der Waals surface area contributed by atoms with E-state index in [0.29, 0.717) is 18.0 Å². The quantitative estimate of drug-likeness (QED) is 0.881. The maximum Gasteiger partial charge on any atom is 0.227 e. The lowest BCUT2D eigenvalue weighted by molar-refractivity contribution is -0.131. The van der Waals surface area contributed by atoms with E-state index in [0.717, 1.165) is 24.1 Å². The maximum atomic E-state index is 13.5. The van der Waals surface area contributed by atoms with E-state index >= 15 is 0 Å². The lowest BCUT2D eigenvalue weighted by Crippen LogP contribution is -2.32. The van der Waals surface area contributed by atoms with E-state index in [9.17, 15) is 9.18 Å². The van der Waals surface area contributed by atoms with Crippen LogP contribution in [0.2, 0.25) is 0 Å². The molecular formula is C19H21FN2O. The van der Waals surface area contributed by atoms with Gasteiger partial charge in [0.05, 0.1) is 12.5 Å². The zero-order chi connectivity index (χ0) is 16.4. The molecule has 0 aromatic heterocycles. The van der Waals surface area contributed by atoms with Crippen LogP contribution in [0.1, 0.15) is 30.5 Å². The first-order valence-corrected chi connectivity index (χ1v) is 7.92. The number of rotatable bonds is 3. The largest absolute Gasteiger partial charge is 0.399 e. The highest BCUT2D eigenvalue weighted by Gasteiger charge is 2.34. The fourth-order valence-electron chi connectivity index (χ4n) is 3.26. The zero-order valence-corrected chi connectivity index (χ0v) is 13.2. The van der Waals surface area contributed by atoms with Crippen molar-refractivity contribution in [1.82, 2.24) is 4.90 Å². The summed E-state index contributed by atoms with van der Waals surface area (Å²) in [5, 5.41) is 0. The van der Waals surface area contributed by atoms with Gasteiger partial charge < -0.3 is 10.6 Å². The normalized spacial score (nSPS) is 20.7. The summed E-state index contributed by atoms with van der Waals surface area (Å²) in [6.07, 6.45) is 1.22. The minimum Gasteiger partial charge on any atom is -0.399 e. The van der Waals surface area contributed by atoms with Crippen LogP contribution in [-0.4, -0.2) is 17.4 Å². The van der Waals surface area contributed by atoms with E-state index in [4.69, 9.17) is 5.73 Å². The monoisotopic (exact) mass is 312 g/mol. The van der Waals surface area contributed by atoms with Crippen LogP contribution < -0.4 is 5.73 Å². The molecule has 1 saturated heterocycles. The minimum absolute atomic E-state index is 0.0398. The van der Waals surface area contributed by atoms with E-state index in [1.165, 1.54) is 12.1 Å². The van der Waals surface area contributed by atoms with Gasteiger partial charge >= 0.3 is 0 Å². The number of nitrogens with zero attached hydrogens (tertiary/aromatic N) is 1. The van der Waals surface area contributed by atoms with Gasteiger partial charge in [0.15, 0.2) is 0 Å². The zero-order valence-electron chi connectivity index (χ0n) is 13.2. The predicted molar refractivity (Wildman–Crippen MR) is 89.2 cm³/mol. The third-order valence-electron chi connectivity index (χ3n) is 4.40. The number of likely N-dealkylation sites (tertiary alicyclic amines) is 1. The fourth-order valence-corrected chi connectivity index (χ4v) is 3.26. The molecular weight excluding hydrogens is 291 g/mol. The van der Waals surface area contributed by atoms with Crippen molar-refractivity contribution in [1.29, 1.82) is 0 Å². The van der Waals surface area contributed by atoms with Crippen molar-refractivity contribution >= 4 is 11.6 Å². The van der Waals surface area contributed by atoms with E-state index in [1.807, 2.05) is 23.1 Å². The molecule has 1 aliphatic heterocycles. The Hall–Kier alpha value is -2.36. The van der Waals surface area contributed by atoms with Gasteiger partial charge in [-0.1, -0.05) is 31.2 Å². The average molecular weight is 312 g/mol. The molecule has 0 saturated carbocycles. The molecule has 0 radical (unpaired) electrons. The molecule has 2 aromatic rings. The molecule has 1 fully saturated rings. The topological polar surface area (TPSA) is 46.3 Å². The molecule has 3 rings (SSSR count). The van der Waals surface area contributed by atoms with E-state index in [2.05, 4.69) is 6.92 Å². The Morgan fingerprint density at radius 1 is 1.26 bits per heavy atom. The Bertz CT molecular complexity index is 699. The summed E-state index contributed by atoms with van der Waals surface area (Å²) in [4.78, 5) is 14.6. The first-order valence-electron chi connectivity index (χ1n) is 7.92. The first-order chi connectivity index (χ1) is 11.0. The van der Waals surface area contributed by atoms with Crippen molar-refractivity contribution in [3.63, 3.8) is 0 Å². The number of nitrogen functional groups attached to an aromatic ring is 1. The number of carbonyl (C=O) groups excluding carboxylic acids is 1. The van der Waals surface area contributed by atoms with E-state index in [1.54, 1.807) is 18.2 Å². The van der Waals surface area contributed by atoms with Crippen molar-refractivity contribution < 1.29 is 9.18 Å². The molecule has 23 heavy (non-hydrogen) atoms. The second kappa shape index (κ2) is 6.41. The van der Waals surface area contributed by atoms with Crippen LogP contribution in [0.3, 0.4) is 0 Å². The van der Waals surface area contributed by atoms with Gasteiger partial charge in [0, 0.05) is 12.2 Å². The molecule has 4 heteroatoms. The molecule has 0 spiro atoms. The molecule has 2 aromatic carbocycles. The summed E-state index contributed by atoms with van der Waals surface area (Å²) < 4.78 is 13.5. The highest BCUT2D eigenvalue weighted by Crippen LogP contribution is 2.35. The summed E-state index contributed by atoms with van der Waals surface area (Å²) in [6.45, 7) is 2.85. The van der Waals surface area contributed by atoms with Gasteiger partial charge in [0.1, 0.15) is 5.82 Å². The fraction of sp³-hybridized carbons (Fsp3) is 0.316. The van der Waals surface area contributed by atoms with Gasteiger partial charge in [-0.15, -0.1) is 0 Å². The third kappa shape index (κ3) is 3.52. The maximum absolute atomic E-state index is 13.5. The van der Waals surface area contributed by atoms with E-state index < -0.39 is 0 Å². The first kappa shape index (κ1) is 15.5. The minimum atomic E-state index is -0.256. The molecule has 1 heterocycles. The van der Waals surface area contributed by atoms with Crippen molar-refractivity contribution in [3.8, 4) is 0 Å².